The summed E-state index contributed by atoms with van der Waals surface area (Å²) >= 11 is 0. The molecule has 18 heavy (non-hydrogen) atoms. The largest absolute Gasteiger partial charge is 0.396 e. The van der Waals surface area contributed by atoms with Crippen molar-refractivity contribution in [3.63, 3.8) is 0 Å². The molecule has 3 N–H and O–H groups in total. The van der Waals surface area contributed by atoms with Crippen molar-refractivity contribution < 1.29 is 9.90 Å². The van der Waals surface area contributed by atoms with E-state index < -0.39 is 0 Å². The second-order valence-electron chi connectivity index (χ2n) is 5.22. The lowest BCUT2D eigenvalue weighted by atomic mass is 9.86. The lowest BCUT2D eigenvalue weighted by molar-refractivity contribution is 0.122. The third kappa shape index (κ3) is 2.82. The molecule has 1 fully saturated rings. The Kier molecular flexibility index (Phi) is 3.87. The lowest BCUT2D eigenvalue weighted by Gasteiger charge is -2.30. The molecule has 1 aromatic carbocycles. The molecule has 0 bridgehead atoms. The van der Waals surface area contributed by atoms with Gasteiger partial charge in [0.05, 0.1) is 6.61 Å². The number of hydrogen-bond acceptors (Lipinski definition) is 2. The fourth-order valence-electron chi connectivity index (χ4n) is 2.52. The number of rotatable bonds is 3. The van der Waals surface area contributed by atoms with Gasteiger partial charge in [0.15, 0.2) is 0 Å². The van der Waals surface area contributed by atoms with Crippen molar-refractivity contribution in [2.24, 2.45) is 5.41 Å². The molecular weight excluding hydrogens is 228 g/mol. The number of aliphatic hydroxyl groups is 1. The van der Waals surface area contributed by atoms with E-state index in [0.29, 0.717) is 0 Å². The average molecular weight is 248 g/mol. The minimum absolute atomic E-state index is 0.0474. The summed E-state index contributed by atoms with van der Waals surface area (Å²) in [5, 5.41) is 15.2. The van der Waals surface area contributed by atoms with Gasteiger partial charge in [0.2, 0.25) is 0 Å². The van der Waals surface area contributed by atoms with Crippen molar-refractivity contribution in [1.29, 1.82) is 0 Å². The van der Waals surface area contributed by atoms with Crippen LogP contribution in [0.3, 0.4) is 0 Å². The number of nitrogens with one attached hydrogen (secondary N) is 2. The van der Waals surface area contributed by atoms with Gasteiger partial charge >= 0.3 is 6.03 Å². The van der Waals surface area contributed by atoms with E-state index in [-0.39, 0.29) is 24.1 Å². The minimum Gasteiger partial charge on any atom is -0.396 e. The molecule has 4 heteroatoms. The van der Waals surface area contributed by atoms with E-state index in [0.717, 1.165) is 24.9 Å². The quantitative estimate of drug-likeness (QED) is 0.769. The standard InChI is InChI=1S/C14H20N2O2/c1-14(10-17)9-5-8-12(14)16-13(18)15-11-6-3-2-4-7-11/h2-4,6-7,12,17H,5,8-10H2,1H3,(H2,15,16,18). The Labute approximate surface area is 107 Å². The molecule has 0 saturated heterocycles. The molecule has 0 aromatic heterocycles. The molecule has 1 saturated carbocycles. The molecule has 4 nitrogen and oxygen atoms in total. The van der Waals surface area contributed by atoms with Crippen LogP contribution in [0.25, 0.3) is 0 Å². The van der Waals surface area contributed by atoms with E-state index in [4.69, 9.17) is 0 Å². The summed E-state index contributed by atoms with van der Waals surface area (Å²) < 4.78 is 0. The molecule has 0 aliphatic heterocycles. The summed E-state index contributed by atoms with van der Waals surface area (Å²) in [5.74, 6) is 0. The SMILES string of the molecule is CC1(CO)CCCC1NC(=O)Nc1ccccc1. The first-order valence-electron chi connectivity index (χ1n) is 6.37. The molecule has 1 aliphatic carbocycles. The molecule has 1 aliphatic rings. The number of para-hydroxylation sites is 1. The van der Waals surface area contributed by atoms with Crippen LogP contribution in [-0.4, -0.2) is 23.8 Å². The zero-order valence-electron chi connectivity index (χ0n) is 10.6. The minimum atomic E-state index is -0.201. The number of carbonyl (C=O) groups is 1. The highest BCUT2D eigenvalue weighted by molar-refractivity contribution is 5.89. The Balaban J connectivity index is 1.92. The maximum atomic E-state index is 11.9. The van der Waals surface area contributed by atoms with Crippen LogP contribution in [0.15, 0.2) is 30.3 Å². The zero-order valence-corrected chi connectivity index (χ0v) is 10.6. The van der Waals surface area contributed by atoms with Gasteiger partial charge in [0, 0.05) is 17.1 Å². The second-order valence-corrected chi connectivity index (χ2v) is 5.22. The Hall–Kier alpha value is -1.55. The molecule has 98 valence electrons. The van der Waals surface area contributed by atoms with E-state index in [1.54, 1.807) is 0 Å². The third-order valence-electron chi connectivity index (χ3n) is 3.78. The summed E-state index contributed by atoms with van der Waals surface area (Å²) in [6.45, 7) is 2.14. The van der Waals surface area contributed by atoms with Crippen molar-refractivity contribution in [3.05, 3.63) is 30.3 Å². The van der Waals surface area contributed by atoms with Gasteiger partial charge in [-0.1, -0.05) is 31.5 Å². The topological polar surface area (TPSA) is 61.4 Å². The Bertz CT molecular complexity index is 408. The van der Waals surface area contributed by atoms with Gasteiger partial charge in [-0.3, -0.25) is 0 Å². The predicted octanol–water partition coefficient (Wildman–Crippen LogP) is 2.36. The zero-order chi connectivity index (χ0) is 13.0. The van der Waals surface area contributed by atoms with Crippen molar-refractivity contribution in [3.8, 4) is 0 Å². The molecule has 0 heterocycles. The summed E-state index contributed by atoms with van der Waals surface area (Å²) in [5.41, 5.74) is 0.590. The van der Waals surface area contributed by atoms with E-state index >= 15 is 0 Å². The van der Waals surface area contributed by atoms with E-state index in [9.17, 15) is 9.90 Å². The molecular formula is C14H20N2O2. The smallest absolute Gasteiger partial charge is 0.319 e. The lowest BCUT2D eigenvalue weighted by Crippen LogP contribution is -2.46. The second kappa shape index (κ2) is 5.40. The van der Waals surface area contributed by atoms with Gasteiger partial charge in [0.1, 0.15) is 0 Å². The van der Waals surface area contributed by atoms with Gasteiger partial charge in [0.25, 0.3) is 0 Å². The Morgan fingerprint density at radius 1 is 1.44 bits per heavy atom. The highest BCUT2D eigenvalue weighted by atomic mass is 16.3. The Morgan fingerprint density at radius 3 is 2.83 bits per heavy atom. The number of amides is 2. The Morgan fingerprint density at radius 2 is 2.17 bits per heavy atom. The molecule has 0 spiro atoms. The highest BCUT2D eigenvalue weighted by Crippen LogP contribution is 2.37. The van der Waals surface area contributed by atoms with Gasteiger partial charge in [-0.2, -0.15) is 0 Å². The van der Waals surface area contributed by atoms with Gasteiger partial charge in [-0.25, -0.2) is 4.79 Å². The summed E-state index contributed by atoms with van der Waals surface area (Å²) in [6.07, 6.45) is 2.94. The van der Waals surface area contributed by atoms with Gasteiger partial charge < -0.3 is 15.7 Å². The monoisotopic (exact) mass is 248 g/mol. The van der Waals surface area contributed by atoms with Crippen LogP contribution < -0.4 is 10.6 Å². The molecule has 1 aromatic rings. The molecule has 2 atom stereocenters. The van der Waals surface area contributed by atoms with Crippen molar-refractivity contribution in [1.82, 2.24) is 5.32 Å². The fraction of sp³-hybridized carbons (Fsp3) is 0.500. The van der Waals surface area contributed by atoms with Crippen LogP contribution >= 0.6 is 0 Å². The van der Waals surface area contributed by atoms with Gasteiger partial charge in [-0.05, 0) is 25.0 Å². The van der Waals surface area contributed by atoms with Crippen LogP contribution in [0, 0.1) is 5.41 Å². The predicted molar refractivity (Wildman–Crippen MR) is 71.4 cm³/mol. The maximum absolute atomic E-state index is 11.9. The van der Waals surface area contributed by atoms with Crippen molar-refractivity contribution >= 4 is 11.7 Å². The first kappa shape index (κ1) is 12.9. The van der Waals surface area contributed by atoms with Crippen LogP contribution in [0.1, 0.15) is 26.2 Å². The summed E-state index contributed by atoms with van der Waals surface area (Å²) in [6, 6.07) is 9.20. The number of benzene rings is 1. The van der Waals surface area contributed by atoms with Crippen LogP contribution in [0.2, 0.25) is 0 Å². The van der Waals surface area contributed by atoms with Crippen LogP contribution in [0.4, 0.5) is 10.5 Å². The number of aliphatic hydroxyl groups excluding tert-OH is 1. The van der Waals surface area contributed by atoms with E-state index in [1.807, 2.05) is 37.3 Å². The molecule has 2 rings (SSSR count). The van der Waals surface area contributed by atoms with Crippen molar-refractivity contribution in [2.45, 2.75) is 32.2 Å². The van der Waals surface area contributed by atoms with E-state index in [2.05, 4.69) is 10.6 Å². The number of urea groups is 1. The molecule has 0 radical (unpaired) electrons. The fourth-order valence-corrected chi connectivity index (χ4v) is 2.52. The average Bonchev–Trinajstić information content (AvgIpc) is 2.73. The number of carbonyl (C=O) groups excluding carboxylic acids is 1. The third-order valence-corrected chi connectivity index (χ3v) is 3.78. The summed E-state index contributed by atoms with van der Waals surface area (Å²) in [7, 11) is 0. The van der Waals surface area contributed by atoms with E-state index in [1.165, 1.54) is 0 Å². The first-order chi connectivity index (χ1) is 8.64. The normalized spacial score (nSPS) is 26.9. The number of anilines is 1. The highest BCUT2D eigenvalue weighted by Gasteiger charge is 2.39. The number of hydrogen-bond donors (Lipinski definition) is 3. The first-order valence-corrected chi connectivity index (χ1v) is 6.37. The van der Waals surface area contributed by atoms with Crippen LogP contribution in [0.5, 0.6) is 0 Å². The van der Waals surface area contributed by atoms with Crippen molar-refractivity contribution in [2.75, 3.05) is 11.9 Å². The van der Waals surface area contributed by atoms with Gasteiger partial charge in [-0.15, -0.1) is 0 Å². The summed E-state index contributed by atoms with van der Waals surface area (Å²) in [4.78, 5) is 11.9. The molecule has 2 amide bonds. The maximum Gasteiger partial charge on any atom is 0.319 e. The molecule has 2 unspecified atom stereocenters. The van der Waals surface area contributed by atoms with Crippen LogP contribution in [-0.2, 0) is 0 Å².